The molecule has 0 amide bonds. The third-order valence-electron chi connectivity index (χ3n) is 21.7. The number of rotatable bonds is 8. The summed E-state index contributed by atoms with van der Waals surface area (Å²) in [6.45, 7) is 0. The van der Waals surface area contributed by atoms with Gasteiger partial charge in [0.1, 0.15) is 0 Å². The molecule has 6 aromatic heterocycles. The Morgan fingerprint density at radius 1 is 0.226 bits per heavy atom. The van der Waals surface area contributed by atoms with Gasteiger partial charge in [0.05, 0.1) is 100 Å². The van der Waals surface area contributed by atoms with Crippen LogP contribution < -0.4 is 0 Å². The quantitative estimate of drug-likeness (QED) is 0.140. The van der Waals surface area contributed by atoms with E-state index in [9.17, 15) is 5.26 Å². The summed E-state index contributed by atoms with van der Waals surface area (Å²) < 4.78 is 108. The van der Waals surface area contributed by atoms with Crippen LogP contribution in [0.25, 0.3) is 187 Å². The maximum absolute atomic E-state index is 15.8. The largest absolute Gasteiger partial charge is 0.417 e. The van der Waals surface area contributed by atoms with Gasteiger partial charge >= 0.3 is 12.4 Å². The number of para-hydroxylation sites is 8. The van der Waals surface area contributed by atoms with Crippen molar-refractivity contribution in [2.45, 2.75) is 12.4 Å². The van der Waals surface area contributed by atoms with Gasteiger partial charge in [-0.1, -0.05) is 164 Å². The zero-order chi connectivity index (χ0) is 71.0. The van der Waals surface area contributed by atoms with Gasteiger partial charge in [-0.15, -0.1) is 0 Å². The van der Waals surface area contributed by atoms with Gasteiger partial charge in [-0.2, -0.15) is 31.6 Å². The first-order valence-corrected chi connectivity index (χ1v) is 34.9. The van der Waals surface area contributed by atoms with E-state index in [2.05, 4.69) is 199 Å². The fourth-order valence-electron chi connectivity index (χ4n) is 17.3. The molecule has 0 radical (unpaired) electrons. The number of alkyl halides is 6. The first kappa shape index (κ1) is 60.9. The molecule has 502 valence electrons. The Hall–Kier alpha value is -13.8. The molecule has 15 aromatic carbocycles. The molecule has 0 aliphatic rings. The van der Waals surface area contributed by atoms with Crippen molar-refractivity contribution >= 4 is 131 Å². The molecule has 21 rings (SSSR count). The van der Waals surface area contributed by atoms with Crippen LogP contribution in [0.15, 0.2) is 322 Å². The van der Waals surface area contributed by atoms with E-state index in [0.29, 0.717) is 40.0 Å². The van der Waals surface area contributed by atoms with Crippen LogP contribution in [0.3, 0.4) is 0 Å². The zero-order valence-corrected chi connectivity index (χ0v) is 56.0. The Bertz CT molecular complexity index is 6820. The SMILES string of the molecule is N#Cc1ccc(-n2c3ccc(-n4c5ccccc5c5ccccc54)cc3c3cc(-n4c5ccccc5c5ccccc54)ccc32)c(-c2ccc(-c3c(C(F)(F)F)cccc3C(F)(F)F)cc2-n2c3ccc(-n4c5ccccc5c5ccccc54)cc3c3cc(-n4c5ccccc5c5ccccc54)ccc32)c1. The van der Waals surface area contributed by atoms with Gasteiger partial charge in [0, 0.05) is 104 Å². The van der Waals surface area contributed by atoms with Gasteiger partial charge in [-0.05, 0) is 163 Å². The monoisotopic (exact) mass is 1380 g/mol. The predicted octanol–water partition coefficient (Wildman–Crippen LogP) is 25.5. The van der Waals surface area contributed by atoms with Crippen molar-refractivity contribution in [2.24, 2.45) is 0 Å². The molecule has 21 aromatic rings. The molecule has 6 heterocycles. The van der Waals surface area contributed by atoms with E-state index in [1.807, 2.05) is 108 Å². The van der Waals surface area contributed by atoms with Crippen LogP contribution in [0.4, 0.5) is 26.3 Å². The molecule has 13 heteroatoms. The lowest BCUT2D eigenvalue weighted by Gasteiger charge is -2.22. The molecule has 0 fully saturated rings. The number of hydrogen-bond acceptors (Lipinski definition) is 1. The van der Waals surface area contributed by atoms with Gasteiger partial charge in [-0.3, -0.25) is 0 Å². The fraction of sp³-hybridized carbons (Fsp3) is 0.0215. The number of hydrogen-bond donors (Lipinski definition) is 0. The highest BCUT2D eigenvalue weighted by molar-refractivity contribution is 6.17. The van der Waals surface area contributed by atoms with Crippen molar-refractivity contribution in [1.82, 2.24) is 27.4 Å². The molecule has 7 nitrogen and oxygen atoms in total. The Labute approximate surface area is 599 Å². The maximum atomic E-state index is 15.8. The summed E-state index contributed by atoms with van der Waals surface area (Å²) in [6.07, 6.45) is -10.4. The van der Waals surface area contributed by atoms with Gasteiger partial charge in [0.2, 0.25) is 0 Å². The van der Waals surface area contributed by atoms with Crippen LogP contribution in [0.1, 0.15) is 16.7 Å². The van der Waals surface area contributed by atoms with Crippen molar-refractivity contribution in [1.29, 1.82) is 5.26 Å². The number of aromatic nitrogens is 6. The van der Waals surface area contributed by atoms with Crippen molar-refractivity contribution in [2.75, 3.05) is 0 Å². The minimum absolute atomic E-state index is 0.260. The molecule has 0 aliphatic carbocycles. The van der Waals surface area contributed by atoms with Gasteiger partial charge in [0.25, 0.3) is 0 Å². The molecule has 0 saturated heterocycles. The summed E-state index contributed by atoms with van der Waals surface area (Å²) in [4.78, 5) is 0. The van der Waals surface area contributed by atoms with Gasteiger partial charge in [-0.25, -0.2) is 0 Å². The average Bonchev–Trinajstić information content (AvgIpc) is 1.55. The van der Waals surface area contributed by atoms with Crippen molar-refractivity contribution in [3.05, 3.63) is 338 Å². The summed E-state index contributed by atoms with van der Waals surface area (Å²) in [6, 6.07) is 106. The number of nitrogens with zero attached hydrogens (tertiary/aromatic N) is 7. The molecule has 106 heavy (non-hydrogen) atoms. The molecular weight excluding hydrogens is 1330 g/mol. The summed E-state index contributed by atoms with van der Waals surface area (Å²) in [5, 5.41) is 23.1. The second-order valence-electron chi connectivity index (χ2n) is 27.3. The van der Waals surface area contributed by atoms with E-state index < -0.39 is 29.0 Å². The molecule has 0 unspecified atom stereocenters. The van der Waals surface area contributed by atoms with Crippen LogP contribution in [-0.4, -0.2) is 27.4 Å². The lowest BCUT2D eigenvalue weighted by Crippen LogP contribution is -2.14. The van der Waals surface area contributed by atoms with Crippen LogP contribution in [0.2, 0.25) is 0 Å². The summed E-state index contributed by atoms with van der Waals surface area (Å²) in [5.74, 6) is 0. The van der Waals surface area contributed by atoms with E-state index in [4.69, 9.17) is 0 Å². The van der Waals surface area contributed by atoms with Crippen LogP contribution in [0.5, 0.6) is 0 Å². The Morgan fingerprint density at radius 3 is 0.802 bits per heavy atom. The Balaban J connectivity index is 0.877. The van der Waals surface area contributed by atoms with Crippen LogP contribution in [-0.2, 0) is 12.4 Å². The lowest BCUT2D eigenvalue weighted by atomic mass is 9.90. The predicted molar refractivity (Wildman–Crippen MR) is 418 cm³/mol. The zero-order valence-electron chi connectivity index (χ0n) is 56.0. The number of fused-ring (bicyclic) bond motifs is 18. The normalized spacial score (nSPS) is 12.4. The fourth-order valence-corrected chi connectivity index (χ4v) is 17.3. The Morgan fingerprint density at radius 2 is 0.509 bits per heavy atom. The van der Waals surface area contributed by atoms with Crippen LogP contribution in [0, 0.1) is 11.3 Å². The molecule has 0 saturated carbocycles. The molecule has 0 bridgehead atoms. The molecule has 0 spiro atoms. The maximum Gasteiger partial charge on any atom is 0.417 e. The topological polar surface area (TPSA) is 53.4 Å². The highest BCUT2D eigenvalue weighted by Gasteiger charge is 2.41. The van der Waals surface area contributed by atoms with Crippen molar-refractivity contribution in [3.8, 4) is 62.4 Å². The Kier molecular flexibility index (Phi) is 13.0. The summed E-state index contributed by atoms with van der Waals surface area (Å²) in [5.41, 5.74) is 12.1. The van der Waals surface area contributed by atoms with E-state index >= 15 is 26.3 Å². The van der Waals surface area contributed by atoms with E-state index in [0.717, 1.165) is 149 Å². The molecular formula is C93H53F6N7. The number of benzene rings is 15. The summed E-state index contributed by atoms with van der Waals surface area (Å²) >= 11 is 0. The highest BCUT2D eigenvalue weighted by atomic mass is 19.4. The summed E-state index contributed by atoms with van der Waals surface area (Å²) in [7, 11) is 0. The van der Waals surface area contributed by atoms with E-state index in [-0.39, 0.29) is 16.8 Å². The van der Waals surface area contributed by atoms with E-state index in [1.165, 1.54) is 12.1 Å². The average molecular weight is 1380 g/mol. The number of halogens is 6. The molecule has 0 aliphatic heterocycles. The van der Waals surface area contributed by atoms with Crippen molar-refractivity contribution in [3.63, 3.8) is 0 Å². The van der Waals surface area contributed by atoms with Gasteiger partial charge in [0.15, 0.2) is 0 Å². The third-order valence-corrected chi connectivity index (χ3v) is 21.7. The smallest absolute Gasteiger partial charge is 0.309 e. The van der Waals surface area contributed by atoms with E-state index in [1.54, 1.807) is 18.2 Å². The van der Waals surface area contributed by atoms with Gasteiger partial charge < -0.3 is 27.4 Å². The molecule has 0 atom stereocenters. The first-order valence-electron chi connectivity index (χ1n) is 34.9. The minimum atomic E-state index is -5.21. The van der Waals surface area contributed by atoms with Crippen molar-refractivity contribution < 1.29 is 26.3 Å². The molecule has 0 N–H and O–H groups in total. The standard InChI is InChI=1S/C93H53F6N7/c94-92(95,96)75-26-17-27-76(93(97,98)99)91(75)56-37-42-69(90(49-56)106-88-46-40-59(103-81-32-13-5-22-65(81)66-23-6-14-33-82(66)103)52-73(88)74-53-60(41-47-89(74)106)104-83-34-15-7-24-67(83)68-25-8-16-35-84(68)104)70-48-55(54-100)36-43-85(70)105-86-44-38-57(101-77-28-9-1-18-61(77)62-19-2-10-29-78(62)101)50-71(86)72-51-58(39-45-87(72)105)102-79-30-11-3-20-63(79)64-21-4-12-31-80(64)102/h1-53H. The lowest BCUT2D eigenvalue weighted by molar-refractivity contribution is -0.142. The first-order chi connectivity index (χ1) is 51.8. The van der Waals surface area contributed by atoms with Crippen LogP contribution >= 0.6 is 0 Å². The second-order valence-corrected chi connectivity index (χ2v) is 27.3. The highest BCUT2D eigenvalue weighted by Crippen LogP contribution is 2.50. The minimum Gasteiger partial charge on any atom is -0.309 e. The number of nitriles is 1. The second kappa shape index (κ2) is 22.6. The third kappa shape index (κ3) is 8.88.